The third kappa shape index (κ3) is 3.01. The number of anilines is 1. The molecule has 2 unspecified atom stereocenters. The van der Waals surface area contributed by atoms with Crippen molar-refractivity contribution in [1.29, 1.82) is 0 Å². The van der Waals surface area contributed by atoms with Gasteiger partial charge in [-0.2, -0.15) is 10.1 Å². The first-order chi connectivity index (χ1) is 14.1. The van der Waals surface area contributed by atoms with Crippen molar-refractivity contribution < 1.29 is 14.1 Å². The molecule has 29 heavy (non-hydrogen) atoms. The molecule has 2 atom stereocenters. The Balaban J connectivity index is 1.37. The highest BCUT2D eigenvalue weighted by Crippen LogP contribution is 2.33. The number of fused-ring (bicyclic) bond motifs is 1. The summed E-state index contributed by atoms with van der Waals surface area (Å²) in [6.07, 6.45) is 0. The summed E-state index contributed by atoms with van der Waals surface area (Å²) in [5, 5.41) is 13.4. The van der Waals surface area contributed by atoms with E-state index in [0.717, 1.165) is 14.9 Å². The first-order valence-electron chi connectivity index (χ1n) is 8.80. The number of rotatable bonds is 4. The van der Waals surface area contributed by atoms with E-state index < -0.39 is 18.0 Å². The summed E-state index contributed by atoms with van der Waals surface area (Å²) in [6.45, 7) is 0.0810. The van der Waals surface area contributed by atoms with Crippen LogP contribution in [0.3, 0.4) is 0 Å². The van der Waals surface area contributed by atoms with Crippen LogP contribution in [0.4, 0.5) is 5.69 Å². The summed E-state index contributed by atoms with van der Waals surface area (Å²) in [4.78, 5) is 31.2. The summed E-state index contributed by atoms with van der Waals surface area (Å²) in [5.74, 6) is -0.0522. The van der Waals surface area contributed by atoms with Gasteiger partial charge in [0, 0.05) is 10.0 Å². The van der Waals surface area contributed by atoms with E-state index in [0.29, 0.717) is 11.5 Å². The summed E-state index contributed by atoms with van der Waals surface area (Å²) in [6, 6.07) is 14.6. The Morgan fingerprint density at radius 1 is 1.00 bits per heavy atom. The van der Waals surface area contributed by atoms with Crippen LogP contribution in [0.25, 0.3) is 11.4 Å². The van der Waals surface area contributed by atoms with Gasteiger partial charge >= 0.3 is 0 Å². The van der Waals surface area contributed by atoms with Crippen molar-refractivity contribution in [3.8, 4) is 11.4 Å². The van der Waals surface area contributed by atoms with Crippen LogP contribution in [0.1, 0.15) is 5.89 Å². The Labute approximate surface area is 173 Å². The van der Waals surface area contributed by atoms with Gasteiger partial charge in [0.15, 0.2) is 12.1 Å². The minimum absolute atomic E-state index is 0.0810. The number of imide groups is 1. The molecule has 5 rings (SSSR count). The number of carbonyl (C=O) groups is 2. The highest BCUT2D eigenvalue weighted by Gasteiger charge is 2.55. The summed E-state index contributed by atoms with van der Waals surface area (Å²) in [7, 11) is 0. The molecule has 0 spiro atoms. The highest BCUT2D eigenvalue weighted by molar-refractivity contribution is 9.10. The van der Waals surface area contributed by atoms with Gasteiger partial charge < -0.3 is 4.52 Å². The third-order valence-corrected chi connectivity index (χ3v) is 5.27. The Bertz CT molecular complexity index is 1110. The fourth-order valence-corrected chi connectivity index (χ4v) is 3.62. The number of nitrogens with zero attached hydrogens (tertiary/aromatic N) is 6. The number of hydrogen-bond donors (Lipinski definition) is 0. The second-order valence-corrected chi connectivity index (χ2v) is 7.47. The number of carbonyl (C=O) groups excluding carboxylic acids is 2. The average molecular weight is 453 g/mol. The van der Waals surface area contributed by atoms with Gasteiger partial charge in [-0.05, 0) is 24.3 Å². The molecule has 10 heteroatoms. The smallest absolute Gasteiger partial charge is 0.263 e. The quantitative estimate of drug-likeness (QED) is 0.563. The zero-order chi connectivity index (χ0) is 20.0. The minimum atomic E-state index is -0.873. The molecule has 2 aliphatic heterocycles. The zero-order valence-corrected chi connectivity index (χ0v) is 16.4. The maximum atomic E-state index is 13.0. The van der Waals surface area contributed by atoms with E-state index in [1.807, 2.05) is 30.3 Å². The lowest BCUT2D eigenvalue weighted by Gasteiger charge is -2.19. The predicted octanol–water partition coefficient (Wildman–Crippen LogP) is 2.99. The molecule has 0 bridgehead atoms. The van der Waals surface area contributed by atoms with E-state index in [1.54, 1.807) is 24.3 Å². The van der Waals surface area contributed by atoms with Crippen LogP contribution in [0, 0.1) is 0 Å². The number of amides is 2. The Morgan fingerprint density at radius 2 is 1.76 bits per heavy atom. The van der Waals surface area contributed by atoms with E-state index >= 15 is 0 Å². The topological polar surface area (TPSA) is 104 Å². The van der Waals surface area contributed by atoms with E-state index in [-0.39, 0.29) is 18.3 Å². The lowest BCUT2D eigenvalue weighted by Crippen LogP contribution is -2.39. The van der Waals surface area contributed by atoms with Gasteiger partial charge in [0.05, 0.1) is 5.69 Å². The number of halogens is 1. The number of benzene rings is 2. The summed E-state index contributed by atoms with van der Waals surface area (Å²) >= 11 is 3.34. The van der Waals surface area contributed by atoms with Crippen LogP contribution in [0.2, 0.25) is 0 Å². The van der Waals surface area contributed by atoms with Crippen LogP contribution in [-0.4, -0.2) is 39.0 Å². The molecule has 2 aromatic carbocycles. The van der Waals surface area contributed by atoms with Crippen LogP contribution >= 0.6 is 15.9 Å². The van der Waals surface area contributed by atoms with Crippen molar-refractivity contribution in [1.82, 2.24) is 15.1 Å². The van der Waals surface area contributed by atoms with Crippen LogP contribution in [-0.2, 0) is 16.1 Å². The van der Waals surface area contributed by atoms with Gasteiger partial charge in [0.25, 0.3) is 11.8 Å². The van der Waals surface area contributed by atoms with Crippen molar-refractivity contribution in [2.75, 3.05) is 4.90 Å². The van der Waals surface area contributed by atoms with Crippen molar-refractivity contribution in [2.24, 2.45) is 10.3 Å². The standard InChI is InChI=1S/C19H13BrN6O3/c20-12-6-8-13(9-7-12)26-18(27)15-16(19(26)28)25(24-22-15)10-14-21-17(23-29-14)11-4-2-1-3-5-11/h1-9,15-16H,10H2. The third-order valence-electron chi connectivity index (χ3n) is 4.74. The van der Waals surface area contributed by atoms with E-state index in [1.165, 1.54) is 5.01 Å². The van der Waals surface area contributed by atoms with Gasteiger partial charge in [-0.15, -0.1) is 0 Å². The minimum Gasteiger partial charge on any atom is -0.337 e. The van der Waals surface area contributed by atoms with Crippen molar-refractivity contribution in [3.63, 3.8) is 0 Å². The van der Waals surface area contributed by atoms with Crippen LogP contribution in [0.5, 0.6) is 0 Å². The zero-order valence-electron chi connectivity index (χ0n) is 14.8. The molecule has 3 aromatic rings. The maximum Gasteiger partial charge on any atom is 0.263 e. The normalized spacial score (nSPS) is 20.6. The van der Waals surface area contributed by atoms with E-state index in [2.05, 4.69) is 36.4 Å². The lowest BCUT2D eigenvalue weighted by atomic mass is 10.1. The van der Waals surface area contributed by atoms with Crippen molar-refractivity contribution in [2.45, 2.75) is 18.6 Å². The molecular weight excluding hydrogens is 440 g/mol. The molecule has 2 amide bonds. The van der Waals surface area contributed by atoms with Crippen molar-refractivity contribution in [3.05, 3.63) is 65.0 Å². The average Bonchev–Trinajstić information content (AvgIpc) is 3.43. The lowest BCUT2D eigenvalue weighted by molar-refractivity contribution is -0.123. The van der Waals surface area contributed by atoms with Crippen LogP contribution in [0.15, 0.2) is 73.9 Å². The largest absolute Gasteiger partial charge is 0.337 e. The van der Waals surface area contributed by atoms with Gasteiger partial charge in [0.2, 0.25) is 11.7 Å². The van der Waals surface area contributed by atoms with Crippen molar-refractivity contribution >= 4 is 33.4 Å². The fraction of sp³-hybridized carbons (Fsp3) is 0.158. The Morgan fingerprint density at radius 3 is 2.52 bits per heavy atom. The molecule has 1 saturated heterocycles. The molecule has 1 fully saturated rings. The second kappa shape index (κ2) is 6.89. The maximum absolute atomic E-state index is 13.0. The highest BCUT2D eigenvalue weighted by atomic mass is 79.9. The van der Waals surface area contributed by atoms with Gasteiger partial charge in [0.1, 0.15) is 6.54 Å². The molecule has 0 aliphatic carbocycles. The Hall–Kier alpha value is -3.40. The first-order valence-corrected chi connectivity index (χ1v) is 9.60. The van der Waals surface area contributed by atoms with Gasteiger partial charge in [-0.3, -0.25) is 14.6 Å². The summed E-state index contributed by atoms with van der Waals surface area (Å²) < 4.78 is 6.15. The van der Waals surface area contributed by atoms with E-state index in [4.69, 9.17) is 4.52 Å². The molecule has 2 aliphatic rings. The number of hydrogen-bond acceptors (Lipinski definition) is 8. The van der Waals surface area contributed by atoms with Crippen LogP contribution < -0.4 is 4.90 Å². The molecular formula is C19H13BrN6O3. The summed E-state index contributed by atoms with van der Waals surface area (Å²) in [5.41, 5.74) is 1.31. The SMILES string of the molecule is O=C1C2N=NN(Cc3nc(-c4ccccc4)no3)C2C(=O)N1c1ccc(Br)cc1. The molecule has 0 radical (unpaired) electrons. The molecule has 0 saturated carbocycles. The fourth-order valence-electron chi connectivity index (χ4n) is 3.36. The molecule has 0 N–H and O–H groups in total. The molecule has 144 valence electrons. The molecule has 3 heterocycles. The number of aromatic nitrogens is 2. The van der Waals surface area contributed by atoms with Gasteiger partial charge in [-0.25, -0.2) is 4.90 Å². The Kier molecular flexibility index (Phi) is 4.20. The molecule has 1 aromatic heterocycles. The van der Waals surface area contributed by atoms with Gasteiger partial charge in [-0.1, -0.05) is 56.6 Å². The second-order valence-electron chi connectivity index (χ2n) is 6.56. The first kappa shape index (κ1) is 17.7. The monoisotopic (exact) mass is 452 g/mol. The van der Waals surface area contributed by atoms with E-state index in [9.17, 15) is 9.59 Å². The molecule has 9 nitrogen and oxygen atoms in total. The predicted molar refractivity (Wildman–Crippen MR) is 104 cm³/mol.